The van der Waals surface area contributed by atoms with E-state index in [2.05, 4.69) is 20.3 Å². The number of H-pyrrole nitrogens is 1. The maximum absolute atomic E-state index is 11.9. The van der Waals surface area contributed by atoms with Crippen LogP contribution in [0.1, 0.15) is 18.5 Å². The summed E-state index contributed by atoms with van der Waals surface area (Å²) in [7, 11) is 0. The number of nitrogens with one attached hydrogen (secondary N) is 2. The molecule has 1 aromatic heterocycles. The first-order valence-electron chi connectivity index (χ1n) is 7.96. The molecule has 0 fully saturated rings. The summed E-state index contributed by atoms with van der Waals surface area (Å²) in [5, 5.41) is 18.6. The van der Waals surface area contributed by atoms with Crippen molar-refractivity contribution in [2.45, 2.75) is 37.5 Å². The minimum absolute atomic E-state index is 0.0579. The average molecular weight is 425 g/mol. The van der Waals surface area contributed by atoms with Crippen LogP contribution >= 0.6 is 0 Å². The Hall–Kier alpha value is -3.36. The number of carbonyl (C=O) groups is 3. The number of halogens is 3. The van der Waals surface area contributed by atoms with E-state index in [1.54, 1.807) is 6.20 Å². The normalized spacial score (nSPS) is 12.7. The van der Waals surface area contributed by atoms with Crippen LogP contribution in [0.25, 0.3) is 0 Å². The number of aromatic nitrogens is 2. The molecule has 10 N–H and O–H groups in total. The van der Waals surface area contributed by atoms with Crippen LogP contribution < -0.4 is 22.5 Å². The van der Waals surface area contributed by atoms with Crippen molar-refractivity contribution in [1.29, 1.82) is 0 Å². The molecule has 0 saturated heterocycles. The Morgan fingerprint density at radius 2 is 1.86 bits per heavy atom. The molecule has 0 aliphatic heterocycles. The van der Waals surface area contributed by atoms with Gasteiger partial charge in [-0.15, -0.1) is 0 Å². The number of alkyl halides is 3. The van der Waals surface area contributed by atoms with E-state index in [1.165, 1.54) is 6.33 Å². The number of nitrogens with two attached hydrogens (primary N) is 3. The number of rotatable bonds is 9. The highest BCUT2D eigenvalue weighted by Gasteiger charge is 2.38. The molecule has 0 bridgehead atoms. The zero-order valence-electron chi connectivity index (χ0n) is 15.0. The van der Waals surface area contributed by atoms with Gasteiger partial charge < -0.3 is 37.7 Å². The standard InChI is InChI=1S/C12H21N7O3.C2HF3O2/c13-8(4-7-5-16-6-18-7)10(20)19-9(11(21)22)2-1-3-17-12(14)15;3-2(4,5)1(6)7/h5-6,8-9H,1-4,13H2,(H,16,18)(H,19,20)(H,21,22)(H4,14,15,17);(H,6,7)/t8-,9-;/m0./s1. The molecule has 0 aliphatic carbocycles. The zero-order valence-corrected chi connectivity index (χ0v) is 15.0. The fraction of sp³-hybridized carbons (Fsp3) is 0.500. The zero-order chi connectivity index (χ0) is 22.6. The van der Waals surface area contributed by atoms with Crippen LogP contribution in [-0.4, -0.2) is 68.8 Å². The van der Waals surface area contributed by atoms with E-state index >= 15 is 0 Å². The van der Waals surface area contributed by atoms with Gasteiger partial charge in [-0.1, -0.05) is 0 Å². The van der Waals surface area contributed by atoms with Gasteiger partial charge in [-0.2, -0.15) is 13.2 Å². The molecule has 1 amide bonds. The maximum Gasteiger partial charge on any atom is 0.490 e. The third kappa shape index (κ3) is 11.9. The van der Waals surface area contributed by atoms with E-state index in [-0.39, 0.29) is 18.8 Å². The Balaban J connectivity index is 0.000000956. The Labute approximate surface area is 162 Å². The minimum atomic E-state index is -5.08. The van der Waals surface area contributed by atoms with E-state index in [4.69, 9.17) is 32.2 Å². The molecule has 0 saturated carbocycles. The summed E-state index contributed by atoms with van der Waals surface area (Å²) in [5.74, 6) is -4.49. The number of imidazole rings is 1. The molecule has 0 aliphatic rings. The number of guanidine groups is 1. The van der Waals surface area contributed by atoms with Gasteiger partial charge >= 0.3 is 18.1 Å². The highest BCUT2D eigenvalue weighted by molar-refractivity contribution is 5.86. The highest BCUT2D eigenvalue weighted by Crippen LogP contribution is 2.13. The van der Waals surface area contributed by atoms with E-state index in [0.29, 0.717) is 18.7 Å². The molecule has 0 unspecified atom stereocenters. The fourth-order valence-electron chi connectivity index (χ4n) is 1.77. The average Bonchev–Trinajstić information content (AvgIpc) is 3.09. The number of hydrogen-bond donors (Lipinski definition) is 7. The van der Waals surface area contributed by atoms with Gasteiger partial charge in [0.15, 0.2) is 5.96 Å². The minimum Gasteiger partial charge on any atom is -0.480 e. The van der Waals surface area contributed by atoms with E-state index < -0.39 is 36.1 Å². The molecule has 0 radical (unpaired) electrons. The lowest BCUT2D eigenvalue weighted by molar-refractivity contribution is -0.192. The molecule has 1 rings (SSSR count). The third-order valence-electron chi connectivity index (χ3n) is 3.13. The second kappa shape index (κ2) is 12.2. The lowest BCUT2D eigenvalue weighted by atomic mass is 10.1. The number of aliphatic carboxylic acids is 2. The maximum atomic E-state index is 11.9. The third-order valence-corrected chi connectivity index (χ3v) is 3.13. The number of carbonyl (C=O) groups excluding carboxylic acids is 1. The van der Waals surface area contributed by atoms with Crippen molar-refractivity contribution in [1.82, 2.24) is 15.3 Å². The number of aromatic amines is 1. The molecule has 2 atom stereocenters. The number of aliphatic imine (C=N–C) groups is 1. The topological polar surface area (TPSA) is 223 Å². The SMILES string of the molecule is NC(N)=NCCC[C@H](NC(=O)[C@@H](N)Cc1cnc[nH]1)C(=O)O.O=C(O)C(F)(F)F. The summed E-state index contributed by atoms with van der Waals surface area (Å²) >= 11 is 0. The van der Waals surface area contributed by atoms with Crippen LogP contribution in [0, 0.1) is 0 Å². The Morgan fingerprint density at radius 3 is 2.28 bits per heavy atom. The van der Waals surface area contributed by atoms with Gasteiger partial charge in [-0.25, -0.2) is 14.6 Å². The molecular formula is C14H22F3N7O5. The second-order valence-corrected chi connectivity index (χ2v) is 5.54. The summed E-state index contributed by atoms with van der Waals surface area (Å²) in [6, 6.07) is -1.89. The molecular weight excluding hydrogens is 403 g/mol. The van der Waals surface area contributed by atoms with Gasteiger partial charge in [-0.3, -0.25) is 9.79 Å². The highest BCUT2D eigenvalue weighted by atomic mass is 19.4. The van der Waals surface area contributed by atoms with E-state index in [0.717, 1.165) is 0 Å². The Kier molecular flexibility index (Phi) is 10.8. The number of carboxylic acid groups (broad SMARTS) is 2. The Bertz CT molecular complexity index is 690. The van der Waals surface area contributed by atoms with Crippen LogP contribution in [0.2, 0.25) is 0 Å². The second-order valence-electron chi connectivity index (χ2n) is 5.54. The van der Waals surface area contributed by atoms with Crippen molar-refractivity contribution in [3.05, 3.63) is 18.2 Å². The first kappa shape index (κ1) is 25.6. The fourth-order valence-corrected chi connectivity index (χ4v) is 1.77. The smallest absolute Gasteiger partial charge is 0.480 e. The summed E-state index contributed by atoms with van der Waals surface area (Å²) in [6.45, 7) is 0.294. The van der Waals surface area contributed by atoms with Crippen molar-refractivity contribution >= 4 is 23.8 Å². The first-order chi connectivity index (χ1) is 13.3. The molecule has 1 heterocycles. The molecule has 164 valence electrons. The van der Waals surface area contributed by atoms with Crippen LogP contribution in [0.3, 0.4) is 0 Å². The van der Waals surface area contributed by atoms with Crippen molar-refractivity contribution in [2.24, 2.45) is 22.2 Å². The number of hydrogen-bond acceptors (Lipinski definition) is 6. The van der Waals surface area contributed by atoms with Crippen molar-refractivity contribution < 1.29 is 37.8 Å². The van der Waals surface area contributed by atoms with Crippen LogP contribution in [0.15, 0.2) is 17.5 Å². The van der Waals surface area contributed by atoms with Crippen molar-refractivity contribution in [3.63, 3.8) is 0 Å². The summed E-state index contributed by atoms with van der Waals surface area (Å²) < 4.78 is 31.7. The van der Waals surface area contributed by atoms with Crippen LogP contribution in [0.4, 0.5) is 13.2 Å². The number of amides is 1. The number of nitrogens with zero attached hydrogens (tertiary/aromatic N) is 2. The quantitative estimate of drug-likeness (QED) is 0.139. The van der Waals surface area contributed by atoms with Gasteiger partial charge in [0.05, 0.1) is 12.4 Å². The van der Waals surface area contributed by atoms with Gasteiger partial charge in [-0.05, 0) is 12.8 Å². The van der Waals surface area contributed by atoms with E-state index in [9.17, 15) is 22.8 Å². The van der Waals surface area contributed by atoms with Gasteiger partial charge in [0, 0.05) is 24.9 Å². The van der Waals surface area contributed by atoms with Crippen molar-refractivity contribution in [2.75, 3.05) is 6.54 Å². The monoisotopic (exact) mass is 425 g/mol. The predicted octanol–water partition coefficient (Wildman–Crippen LogP) is -1.46. The Morgan fingerprint density at radius 1 is 1.28 bits per heavy atom. The summed E-state index contributed by atoms with van der Waals surface area (Å²) in [6.07, 6.45) is -1.19. The number of carboxylic acids is 2. The molecule has 0 aromatic carbocycles. The largest absolute Gasteiger partial charge is 0.490 e. The molecule has 0 spiro atoms. The first-order valence-corrected chi connectivity index (χ1v) is 7.96. The molecule has 29 heavy (non-hydrogen) atoms. The molecule has 15 heteroatoms. The summed E-state index contributed by atoms with van der Waals surface area (Å²) in [5.41, 5.74) is 16.8. The van der Waals surface area contributed by atoms with Crippen molar-refractivity contribution in [3.8, 4) is 0 Å². The molecule has 12 nitrogen and oxygen atoms in total. The lowest BCUT2D eigenvalue weighted by Gasteiger charge is -2.17. The molecule has 1 aromatic rings. The van der Waals surface area contributed by atoms with Gasteiger partial charge in [0.25, 0.3) is 0 Å². The van der Waals surface area contributed by atoms with Crippen LogP contribution in [0.5, 0.6) is 0 Å². The predicted molar refractivity (Wildman–Crippen MR) is 93.4 cm³/mol. The lowest BCUT2D eigenvalue weighted by Crippen LogP contribution is -2.49. The van der Waals surface area contributed by atoms with Gasteiger partial charge in [0.1, 0.15) is 6.04 Å². The van der Waals surface area contributed by atoms with Crippen LogP contribution in [-0.2, 0) is 20.8 Å². The van der Waals surface area contributed by atoms with E-state index in [1.807, 2.05) is 0 Å². The summed E-state index contributed by atoms with van der Waals surface area (Å²) in [4.78, 5) is 42.4. The van der Waals surface area contributed by atoms with Gasteiger partial charge in [0.2, 0.25) is 5.91 Å².